The molecule has 8 heteroatoms. The van der Waals surface area contributed by atoms with Gasteiger partial charge in [-0.1, -0.05) is 30.1 Å². The van der Waals surface area contributed by atoms with E-state index in [1.807, 2.05) is 6.92 Å². The molecule has 1 heterocycles. The molecule has 0 radical (unpaired) electrons. The zero-order valence-electron chi connectivity index (χ0n) is 16.2. The van der Waals surface area contributed by atoms with Crippen molar-refractivity contribution in [3.8, 4) is 5.75 Å². The number of hydrogen-bond acceptors (Lipinski definition) is 6. The first-order chi connectivity index (χ1) is 13.6. The van der Waals surface area contributed by atoms with E-state index in [9.17, 15) is 9.59 Å². The summed E-state index contributed by atoms with van der Waals surface area (Å²) < 4.78 is 10.7. The number of para-hydroxylation sites is 1. The highest BCUT2D eigenvalue weighted by molar-refractivity contribution is 5.98. The van der Waals surface area contributed by atoms with Gasteiger partial charge in [0.15, 0.2) is 5.82 Å². The van der Waals surface area contributed by atoms with Crippen molar-refractivity contribution in [1.29, 1.82) is 0 Å². The van der Waals surface area contributed by atoms with Gasteiger partial charge in [-0.2, -0.15) is 4.98 Å². The van der Waals surface area contributed by atoms with Gasteiger partial charge in [-0.3, -0.25) is 9.59 Å². The minimum absolute atomic E-state index is 0.159. The zero-order valence-corrected chi connectivity index (χ0v) is 16.2. The third-order valence-corrected chi connectivity index (χ3v) is 4.77. The van der Waals surface area contributed by atoms with Crippen LogP contribution in [0.3, 0.4) is 0 Å². The van der Waals surface area contributed by atoms with Gasteiger partial charge in [-0.15, -0.1) is 0 Å². The number of aromatic nitrogens is 2. The van der Waals surface area contributed by atoms with Crippen LogP contribution in [0.1, 0.15) is 73.6 Å². The Labute approximate surface area is 164 Å². The second-order valence-corrected chi connectivity index (χ2v) is 6.87. The Bertz CT molecular complexity index is 814. The highest BCUT2D eigenvalue weighted by Crippen LogP contribution is 2.32. The van der Waals surface area contributed by atoms with Crippen molar-refractivity contribution in [2.24, 2.45) is 0 Å². The lowest BCUT2D eigenvalue weighted by Crippen LogP contribution is -2.38. The van der Waals surface area contributed by atoms with Crippen LogP contribution >= 0.6 is 0 Å². The second-order valence-electron chi connectivity index (χ2n) is 6.87. The Morgan fingerprint density at radius 1 is 1.29 bits per heavy atom. The quantitative estimate of drug-likeness (QED) is 0.722. The van der Waals surface area contributed by atoms with E-state index < -0.39 is 6.04 Å². The lowest BCUT2D eigenvalue weighted by molar-refractivity contribution is -0.120. The number of benzene rings is 1. The molecule has 1 fully saturated rings. The molecule has 0 saturated heterocycles. The normalized spacial score (nSPS) is 15.2. The molecule has 1 atom stereocenters. The van der Waals surface area contributed by atoms with Crippen LogP contribution in [0.15, 0.2) is 28.8 Å². The van der Waals surface area contributed by atoms with E-state index in [0.717, 1.165) is 18.7 Å². The van der Waals surface area contributed by atoms with Crippen molar-refractivity contribution >= 4 is 11.8 Å². The number of nitrogens with zero attached hydrogens (tertiary/aromatic N) is 2. The minimum atomic E-state index is -0.428. The molecule has 2 aromatic rings. The first-order valence-electron chi connectivity index (χ1n) is 9.71. The molecule has 2 amide bonds. The van der Waals surface area contributed by atoms with E-state index in [1.54, 1.807) is 31.2 Å². The molecule has 28 heavy (non-hydrogen) atoms. The van der Waals surface area contributed by atoms with Crippen molar-refractivity contribution < 1.29 is 18.8 Å². The monoisotopic (exact) mass is 386 g/mol. The number of nitrogens with one attached hydrogen (secondary N) is 2. The van der Waals surface area contributed by atoms with Crippen LogP contribution in [0.25, 0.3) is 0 Å². The topological polar surface area (TPSA) is 106 Å². The fourth-order valence-corrected chi connectivity index (χ4v) is 3.32. The average Bonchev–Trinajstić information content (AvgIpc) is 3.38. The number of rotatable bonds is 8. The predicted octanol–water partition coefficient (Wildman–Crippen LogP) is 2.73. The third kappa shape index (κ3) is 4.88. The summed E-state index contributed by atoms with van der Waals surface area (Å²) in [6, 6.07) is 6.49. The van der Waals surface area contributed by atoms with E-state index >= 15 is 0 Å². The molecule has 1 saturated carbocycles. The Morgan fingerprint density at radius 3 is 2.79 bits per heavy atom. The standard InChI is InChI=1S/C20H26N4O4/c1-3-27-16-11-7-6-10-15(16)19(26)21-12-17(25)22-13(2)20-23-18(24-28-20)14-8-4-5-9-14/h6-7,10-11,13-14H,3-5,8-9,12H2,1-2H3,(H,21,26)(H,22,25). The number of carbonyl (C=O) groups is 2. The average molecular weight is 386 g/mol. The van der Waals surface area contributed by atoms with Crippen LogP contribution in [-0.4, -0.2) is 35.1 Å². The van der Waals surface area contributed by atoms with Crippen LogP contribution in [0.4, 0.5) is 0 Å². The molecule has 2 N–H and O–H groups in total. The maximum Gasteiger partial charge on any atom is 0.255 e. The second kappa shape index (κ2) is 9.34. The third-order valence-electron chi connectivity index (χ3n) is 4.77. The summed E-state index contributed by atoms with van der Waals surface area (Å²) in [7, 11) is 0. The van der Waals surface area contributed by atoms with E-state index in [1.165, 1.54) is 12.8 Å². The number of amides is 2. The lowest BCUT2D eigenvalue weighted by atomic mass is 10.1. The van der Waals surface area contributed by atoms with Crippen molar-refractivity contribution in [2.45, 2.75) is 51.5 Å². The SMILES string of the molecule is CCOc1ccccc1C(=O)NCC(=O)NC(C)c1nc(C2CCCC2)no1. The number of ether oxygens (including phenoxy) is 1. The van der Waals surface area contributed by atoms with Gasteiger partial charge in [0.2, 0.25) is 11.8 Å². The lowest BCUT2D eigenvalue weighted by Gasteiger charge is -2.12. The molecule has 0 aliphatic heterocycles. The van der Waals surface area contributed by atoms with Crippen molar-refractivity contribution in [2.75, 3.05) is 13.2 Å². The Hall–Kier alpha value is -2.90. The van der Waals surface area contributed by atoms with Crippen molar-refractivity contribution in [3.63, 3.8) is 0 Å². The van der Waals surface area contributed by atoms with Crippen molar-refractivity contribution in [3.05, 3.63) is 41.5 Å². The Balaban J connectivity index is 1.50. The summed E-state index contributed by atoms with van der Waals surface area (Å²) in [6.45, 7) is 3.91. The molecule has 0 bridgehead atoms. The van der Waals surface area contributed by atoms with Gasteiger partial charge in [0, 0.05) is 5.92 Å². The fraction of sp³-hybridized carbons (Fsp3) is 0.500. The first-order valence-corrected chi connectivity index (χ1v) is 9.71. The predicted molar refractivity (Wildman–Crippen MR) is 102 cm³/mol. The van der Waals surface area contributed by atoms with Gasteiger partial charge in [0.25, 0.3) is 5.91 Å². The van der Waals surface area contributed by atoms with Gasteiger partial charge < -0.3 is 19.9 Å². The van der Waals surface area contributed by atoms with Crippen LogP contribution in [0.5, 0.6) is 5.75 Å². The fourth-order valence-electron chi connectivity index (χ4n) is 3.32. The van der Waals surface area contributed by atoms with Crippen LogP contribution in [0, 0.1) is 0 Å². The Morgan fingerprint density at radius 2 is 2.04 bits per heavy atom. The summed E-state index contributed by atoms with van der Waals surface area (Å²) in [5.41, 5.74) is 0.392. The van der Waals surface area contributed by atoms with Crippen LogP contribution < -0.4 is 15.4 Å². The van der Waals surface area contributed by atoms with E-state index in [2.05, 4.69) is 20.8 Å². The van der Waals surface area contributed by atoms with E-state index in [0.29, 0.717) is 29.7 Å². The van der Waals surface area contributed by atoms with Gasteiger partial charge in [0.05, 0.1) is 18.7 Å². The maximum atomic E-state index is 12.3. The first kappa shape index (κ1) is 19.9. The van der Waals surface area contributed by atoms with Crippen molar-refractivity contribution in [1.82, 2.24) is 20.8 Å². The molecule has 150 valence electrons. The van der Waals surface area contributed by atoms with E-state index in [-0.39, 0.29) is 18.4 Å². The summed E-state index contributed by atoms with van der Waals surface area (Å²) in [6.07, 6.45) is 4.53. The molecular formula is C20H26N4O4. The molecule has 3 rings (SSSR count). The van der Waals surface area contributed by atoms with Crippen LogP contribution in [-0.2, 0) is 4.79 Å². The molecule has 8 nitrogen and oxygen atoms in total. The van der Waals surface area contributed by atoms with Crippen LogP contribution in [0.2, 0.25) is 0 Å². The molecule has 1 aromatic heterocycles. The molecular weight excluding hydrogens is 360 g/mol. The molecule has 1 aromatic carbocycles. The Kier molecular flexibility index (Phi) is 6.62. The highest BCUT2D eigenvalue weighted by Gasteiger charge is 2.24. The summed E-state index contributed by atoms with van der Waals surface area (Å²) in [5, 5.41) is 9.42. The smallest absolute Gasteiger partial charge is 0.255 e. The van der Waals surface area contributed by atoms with Gasteiger partial charge >= 0.3 is 0 Å². The summed E-state index contributed by atoms with van der Waals surface area (Å²) >= 11 is 0. The molecule has 0 spiro atoms. The van der Waals surface area contributed by atoms with E-state index in [4.69, 9.17) is 9.26 Å². The van der Waals surface area contributed by atoms with Gasteiger partial charge in [-0.25, -0.2) is 0 Å². The minimum Gasteiger partial charge on any atom is -0.493 e. The van der Waals surface area contributed by atoms with Gasteiger partial charge in [-0.05, 0) is 38.8 Å². The molecule has 1 aliphatic rings. The number of hydrogen-bond donors (Lipinski definition) is 2. The number of carbonyl (C=O) groups excluding carboxylic acids is 2. The molecule has 1 unspecified atom stereocenters. The largest absolute Gasteiger partial charge is 0.493 e. The summed E-state index contributed by atoms with van der Waals surface area (Å²) in [5.74, 6) is 1.23. The zero-order chi connectivity index (χ0) is 19.9. The highest BCUT2D eigenvalue weighted by atomic mass is 16.5. The van der Waals surface area contributed by atoms with Gasteiger partial charge in [0.1, 0.15) is 11.8 Å². The maximum absolute atomic E-state index is 12.3. The molecule has 1 aliphatic carbocycles. The summed E-state index contributed by atoms with van der Waals surface area (Å²) in [4.78, 5) is 29.0.